The lowest BCUT2D eigenvalue weighted by Crippen LogP contribution is -2.58. The highest BCUT2D eigenvalue weighted by molar-refractivity contribution is 5.93. The van der Waals surface area contributed by atoms with Crippen LogP contribution in [-0.2, 0) is 0 Å². The average Bonchev–Trinajstić information content (AvgIpc) is 2.38. The molecule has 0 spiro atoms. The molecule has 2 N–H and O–H groups in total. The lowest BCUT2D eigenvalue weighted by molar-refractivity contribution is 0.378. The zero-order chi connectivity index (χ0) is 13.5. The largest absolute Gasteiger partial charge is 0.508 e. The predicted octanol–water partition coefficient (Wildman–Crippen LogP) is 2.13. The standard InChI is InChI=1S/C15H19N3O/c1-15(2)10-16-7-8-18(15)14-13-9-12(19)4-3-11(13)5-6-17-14/h3-6,9,16,19H,7-8,10H2,1-2H3. The molecule has 0 aliphatic carbocycles. The Kier molecular flexibility index (Phi) is 2.82. The highest BCUT2D eigenvalue weighted by Gasteiger charge is 2.31. The second-order valence-electron chi connectivity index (χ2n) is 5.68. The van der Waals surface area contributed by atoms with Gasteiger partial charge in [-0.2, -0.15) is 0 Å². The van der Waals surface area contributed by atoms with E-state index in [0.29, 0.717) is 0 Å². The van der Waals surface area contributed by atoms with Crippen LogP contribution in [-0.4, -0.2) is 35.3 Å². The van der Waals surface area contributed by atoms with E-state index in [1.807, 2.05) is 18.3 Å². The third-order valence-corrected chi connectivity index (χ3v) is 3.78. The molecule has 1 aliphatic rings. The second kappa shape index (κ2) is 4.38. The summed E-state index contributed by atoms with van der Waals surface area (Å²) < 4.78 is 0. The first-order valence-corrected chi connectivity index (χ1v) is 6.64. The van der Waals surface area contributed by atoms with Crippen LogP contribution in [0.3, 0.4) is 0 Å². The summed E-state index contributed by atoms with van der Waals surface area (Å²) in [5.41, 5.74) is 0.0188. The highest BCUT2D eigenvalue weighted by atomic mass is 16.3. The normalized spacial score (nSPS) is 18.7. The van der Waals surface area contributed by atoms with Gasteiger partial charge in [-0.3, -0.25) is 0 Å². The van der Waals surface area contributed by atoms with E-state index in [2.05, 4.69) is 29.0 Å². The molecule has 4 heteroatoms. The van der Waals surface area contributed by atoms with Crippen molar-refractivity contribution in [2.24, 2.45) is 0 Å². The van der Waals surface area contributed by atoms with Crippen molar-refractivity contribution < 1.29 is 5.11 Å². The minimum atomic E-state index is 0.0188. The van der Waals surface area contributed by atoms with Gasteiger partial charge in [0.2, 0.25) is 0 Å². The maximum atomic E-state index is 9.72. The van der Waals surface area contributed by atoms with Crippen molar-refractivity contribution in [1.82, 2.24) is 10.3 Å². The van der Waals surface area contributed by atoms with Crippen LogP contribution < -0.4 is 10.2 Å². The van der Waals surface area contributed by atoms with Gasteiger partial charge < -0.3 is 15.3 Å². The van der Waals surface area contributed by atoms with Crippen molar-refractivity contribution in [3.05, 3.63) is 30.5 Å². The van der Waals surface area contributed by atoms with Gasteiger partial charge in [-0.05, 0) is 37.4 Å². The molecule has 3 rings (SSSR count). The molecule has 1 saturated heterocycles. The Morgan fingerprint density at radius 1 is 1.32 bits per heavy atom. The van der Waals surface area contributed by atoms with Crippen molar-refractivity contribution in [2.75, 3.05) is 24.5 Å². The first-order valence-electron chi connectivity index (χ1n) is 6.64. The summed E-state index contributed by atoms with van der Waals surface area (Å²) in [6.07, 6.45) is 1.84. The van der Waals surface area contributed by atoms with Gasteiger partial charge in [0.25, 0.3) is 0 Å². The van der Waals surface area contributed by atoms with Crippen molar-refractivity contribution >= 4 is 16.6 Å². The summed E-state index contributed by atoms with van der Waals surface area (Å²) in [6, 6.07) is 7.43. The number of hydrogen-bond acceptors (Lipinski definition) is 4. The van der Waals surface area contributed by atoms with E-state index < -0.39 is 0 Å². The zero-order valence-electron chi connectivity index (χ0n) is 11.3. The molecule has 0 radical (unpaired) electrons. The van der Waals surface area contributed by atoms with E-state index in [9.17, 15) is 5.11 Å². The molecule has 100 valence electrons. The Morgan fingerprint density at radius 2 is 2.16 bits per heavy atom. The maximum Gasteiger partial charge on any atom is 0.137 e. The summed E-state index contributed by atoms with van der Waals surface area (Å²) in [5.74, 6) is 1.24. The molecule has 1 fully saturated rings. The molecule has 1 aliphatic heterocycles. The van der Waals surface area contributed by atoms with Crippen molar-refractivity contribution in [3.63, 3.8) is 0 Å². The fourth-order valence-corrected chi connectivity index (χ4v) is 2.73. The van der Waals surface area contributed by atoms with E-state index in [1.165, 1.54) is 0 Å². The van der Waals surface area contributed by atoms with E-state index >= 15 is 0 Å². The van der Waals surface area contributed by atoms with E-state index in [-0.39, 0.29) is 11.3 Å². The first kappa shape index (κ1) is 12.2. The number of piperazine rings is 1. The number of rotatable bonds is 1. The van der Waals surface area contributed by atoms with Crippen LogP contribution in [0.1, 0.15) is 13.8 Å². The van der Waals surface area contributed by atoms with Gasteiger partial charge in [0.1, 0.15) is 11.6 Å². The van der Waals surface area contributed by atoms with E-state index in [0.717, 1.165) is 36.2 Å². The number of nitrogens with one attached hydrogen (secondary N) is 1. The average molecular weight is 257 g/mol. The number of anilines is 1. The van der Waals surface area contributed by atoms with Crippen LogP contribution in [0.5, 0.6) is 5.75 Å². The molecule has 0 atom stereocenters. The lowest BCUT2D eigenvalue weighted by Gasteiger charge is -2.44. The lowest BCUT2D eigenvalue weighted by atomic mass is 9.99. The molecule has 2 aromatic rings. The quantitative estimate of drug-likeness (QED) is 0.821. The van der Waals surface area contributed by atoms with Gasteiger partial charge in [0.05, 0.1) is 0 Å². The van der Waals surface area contributed by atoms with Crippen molar-refractivity contribution in [1.29, 1.82) is 0 Å². The number of aromatic nitrogens is 1. The molecule has 0 unspecified atom stereocenters. The summed E-state index contributed by atoms with van der Waals surface area (Å²) >= 11 is 0. The van der Waals surface area contributed by atoms with Crippen molar-refractivity contribution in [3.8, 4) is 5.75 Å². The zero-order valence-corrected chi connectivity index (χ0v) is 11.3. The summed E-state index contributed by atoms with van der Waals surface area (Å²) in [5, 5.41) is 15.3. The number of pyridine rings is 1. The number of nitrogens with zero attached hydrogens (tertiary/aromatic N) is 2. The second-order valence-corrected chi connectivity index (χ2v) is 5.68. The Labute approximate surface area is 113 Å². The minimum Gasteiger partial charge on any atom is -0.508 e. The highest BCUT2D eigenvalue weighted by Crippen LogP contribution is 2.32. The molecule has 1 aromatic heterocycles. The Morgan fingerprint density at radius 3 is 2.95 bits per heavy atom. The van der Waals surface area contributed by atoms with Crippen LogP contribution in [0.2, 0.25) is 0 Å². The van der Waals surface area contributed by atoms with Gasteiger partial charge in [-0.15, -0.1) is 0 Å². The Balaban J connectivity index is 2.16. The van der Waals surface area contributed by atoms with E-state index in [1.54, 1.807) is 12.1 Å². The van der Waals surface area contributed by atoms with Gasteiger partial charge in [-0.25, -0.2) is 4.98 Å². The number of benzene rings is 1. The molecule has 0 bridgehead atoms. The minimum absolute atomic E-state index is 0.0188. The van der Waals surface area contributed by atoms with Crippen LogP contribution in [0, 0.1) is 0 Å². The summed E-state index contributed by atoms with van der Waals surface area (Å²) in [4.78, 5) is 6.88. The molecule has 4 nitrogen and oxygen atoms in total. The summed E-state index contributed by atoms with van der Waals surface area (Å²) in [6.45, 7) is 7.24. The van der Waals surface area contributed by atoms with Gasteiger partial charge in [-0.1, -0.05) is 6.07 Å². The molecule has 19 heavy (non-hydrogen) atoms. The number of aromatic hydroxyl groups is 1. The van der Waals surface area contributed by atoms with Crippen LogP contribution in [0.4, 0.5) is 5.82 Å². The number of hydrogen-bond donors (Lipinski definition) is 2. The molecule has 2 heterocycles. The molecule has 1 aromatic carbocycles. The number of phenols is 1. The van der Waals surface area contributed by atoms with Crippen molar-refractivity contribution in [2.45, 2.75) is 19.4 Å². The van der Waals surface area contributed by atoms with Gasteiger partial charge >= 0.3 is 0 Å². The predicted molar refractivity (Wildman–Crippen MR) is 77.7 cm³/mol. The van der Waals surface area contributed by atoms with Gasteiger partial charge in [0.15, 0.2) is 0 Å². The first-order chi connectivity index (χ1) is 9.08. The third-order valence-electron chi connectivity index (χ3n) is 3.78. The topological polar surface area (TPSA) is 48.4 Å². The monoisotopic (exact) mass is 257 g/mol. The third kappa shape index (κ3) is 2.12. The number of fused-ring (bicyclic) bond motifs is 1. The Bertz CT molecular complexity index is 609. The molecular formula is C15H19N3O. The van der Waals surface area contributed by atoms with Gasteiger partial charge in [0, 0.05) is 36.8 Å². The number of phenolic OH excluding ortho intramolecular Hbond substituents is 1. The SMILES string of the molecule is CC1(C)CNCCN1c1nccc2ccc(O)cc12. The Hall–Kier alpha value is -1.81. The maximum absolute atomic E-state index is 9.72. The van der Waals surface area contributed by atoms with Crippen LogP contribution in [0.15, 0.2) is 30.5 Å². The fourth-order valence-electron chi connectivity index (χ4n) is 2.73. The van der Waals surface area contributed by atoms with E-state index in [4.69, 9.17) is 0 Å². The van der Waals surface area contributed by atoms with Crippen LogP contribution >= 0.6 is 0 Å². The fraction of sp³-hybridized carbons (Fsp3) is 0.400. The van der Waals surface area contributed by atoms with Crippen LogP contribution in [0.25, 0.3) is 10.8 Å². The molecular weight excluding hydrogens is 238 g/mol. The molecule has 0 amide bonds. The summed E-state index contributed by atoms with van der Waals surface area (Å²) in [7, 11) is 0. The molecule has 0 saturated carbocycles. The smallest absolute Gasteiger partial charge is 0.137 e.